The number of ether oxygens (including phenoxy) is 3. The number of carbonyl (C=O) groups excluding carboxylic acids is 3. The van der Waals surface area contributed by atoms with Gasteiger partial charge in [0.15, 0.2) is 6.10 Å². The molecular weight excluding hydrogens is 853 g/mol. The van der Waals surface area contributed by atoms with Crippen LogP contribution in [0.3, 0.4) is 0 Å². The fourth-order valence-corrected chi connectivity index (χ4v) is 8.25. The molecule has 0 bridgehead atoms. The Morgan fingerprint density at radius 1 is 0.304 bits per heavy atom. The Bertz CT molecular complexity index is 1290. The summed E-state index contributed by atoms with van der Waals surface area (Å²) in [4.78, 5) is 38.2. The standard InChI is InChI=1S/C63H110O6/c1-4-7-10-13-16-19-22-25-28-31-33-35-38-41-44-47-50-53-56-62(65)68-59-60(58-67-61(64)55-52-49-46-43-40-37-34-30-27-24-21-18-15-12-9-6-3)69-63(66)57-54-51-48-45-42-39-36-32-29-26-23-20-17-14-11-8-5-2/h17,20,26,28-29,31,33,35-36,39,45,48,60H,4-16,18-19,21-25,27,30,32,34,37-38,40-44,46-47,49-59H2,1-3H3/b20-17-,29-26-,31-28-,35-33-,39-36-,48-45-. The molecule has 0 amide bonds. The molecule has 0 saturated heterocycles. The highest BCUT2D eigenvalue weighted by Crippen LogP contribution is 2.16. The number of rotatable bonds is 53. The molecule has 0 aliphatic carbocycles. The molecule has 0 heterocycles. The van der Waals surface area contributed by atoms with Gasteiger partial charge in [-0.05, 0) is 83.5 Å². The van der Waals surface area contributed by atoms with Gasteiger partial charge in [0.25, 0.3) is 0 Å². The van der Waals surface area contributed by atoms with E-state index >= 15 is 0 Å². The molecule has 0 aliphatic rings. The lowest BCUT2D eigenvalue weighted by atomic mass is 10.0. The Morgan fingerprint density at radius 3 is 0.971 bits per heavy atom. The van der Waals surface area contributed by atoms with Crippen molar-refractivity contribution in [1.29, 1.82) is 0 Å². The second-order valence-corrected chi connectivity index (χ2v) is 19.6. The molecule has 0 rings (SSSR count). The van der Waals surface area contributed by atoms with Crippen molar-refractivity contribution in [2.45, 2.75) is 297 Å². The molecule has 0 aromatic heterocycles. The molecule has 0 aromatic rings. The lowest BCUT2D eigenvalue weighted by Crippen LogP contribution is -2.30. The molecule has 0 fully saturated rings. The van der Waals surface area contributed by atoms with E-state index in [1.54, 1.807) is 0 Å². The Hall–Kier alpha value is -3.15. The molecule has 1 atom stereocenters. The van der Waals surface area contributed by atoms with Crippen LogP contribution in [0.5, 0.6) is 0 Å². The lowest BCUT2D eigenvalue weighted by molar-refractivity contribution is -0.167. The predicted molar refractivity (Wildman–Crippen MR) is 298 cm³/mol. The third-order valence-corrected chi connectivity index (χ3v) is 12.7. The van der Waals surface area contributed by atoms with Gasteiger partial charge in [0.2, 0.25) is 0 Å². The zero-order chi connectivity index (χ0) is 50.0. The molecule has 0 N–H and O–H groups in total. The fraction of sp³-hybridized carbons (Fsp3) is 0.762. The van der Waals surface area contributed by atoms with Crippen LogP contribution >= 0.6 is 0 Å². The van der Waals surface area contributed by atoms with Crippen molar-refractivity contribution in [3.63, 3.8) is 0 Å². The van der Waals surface area contributed by atoms with Crippen LogP contribution in [-0.4, -0.2) is 37.2 Å². The SMILES string of the molecule is CCCCC/C=C\C/C=C\C/C=C\C/C=C\CCCC(=O)OC(COC(=O)CCCCCCC/C=C\C=C/CCCCCCCCC)COC(=O)CCCCCCCCCCCCCCCCCC. The van der Waals surface area contributed by atoms with Gasteiger partial charge in [0.1, 0.15) is 13.2 Å². The van der Waals surface area contributed by atoms with Gasteiger partial charge in [-0.1, -0.05) is 261 Å². The monoisotopic (exact) mass is 963 g/mol. The topological polar surface area (TPSA) is 78.9 Å². The van der Waals surface area contributed by atoms with Crippen LogP contribution in [0.2, 0.25) is 0 Å². The van der Waals surface area contributed by atoms with Gasteiger partial charge in [-0.15, -0.1) is 0 Å². The van der Waals surface area contributed by atoms with Crippen molar-refractivity contribution in [2.24, 2.45) is 0 Å². The summed E-state index contributed by atoms with van der Waals surface area (Å²) in [5.74, 6) is -0.962. The van der Waals surface area contributed by atoms with E-state index in [0.717, 1.165) is 83.5 Å². The normalized spacial score (nSPS) is 12.6. The highest BCUT2D eigenvalue weighted by molar-refractivity contribution is 5.71. The predicted octanol–water partition coefficient (Wildman–Crippen LogP) is 19.8. The van der Waals surface area contributed by atoms with Crippen molar-refractivity contribution in [2.75, 3.05) is 13.2 Å². The maximum atomic E-state index is 12.8. The van der Waals surface area contributed by atoms with Crippen molar-refractivity contribution >= 4 is 17.9 Å². The highest BCUT2D eigenvalue weighted by Gasteiger charge is 2.19. The maximum Gasteiger partial charge on any atom is 0.306 e. The van der Waals surface area contributed by atoms with E-state index in [-0.39, 0.29) is 37.5 Å². The van der Waals surface area contributed by atoms with Gasteiger partial charge < -0.3 is 14.2 Å². The Balaban J connectivity index is 4.47. The summed E-state index contributed by atoms with van der Waals surface area (Å²) in [6.45, 7) is 6.58. The number of hydrogen-bond donors (Lipinski definition) is 0. The molecule has 0 aliphatic heterocycles. The first-order valence-corrected chi connectivity index (χ1v) is 29.5. The van der Waals surface area contributed by atoms with E-state index in [1.165, 1.54) is 161 Å². The third kappa shape index (κ3) is 55.6. The minimum atomic E-state index is -0.809. The Labute approximate surface area is 427 Å². The molecule has 0 saturated carbocycles. The molecule has 6 heteroatoms. The largest absolute Gasteiger partial charge is 0.462 e. The maximum absolute atomic E-state index is 12.8. The molecule has 398 valence electrons. The van der Waals surface area contributed by atoms with Crippen LogP contribution in [0, 0.1) is 0 Å². The number of allylic oxidation sites excluding steroid dienone is 12. The fourth-order valence-electron chi connectivity index (χ4n) is 8.25. The molecule has 0 aromatic carbocycles. The van der Waals surface area contributed by atoms with Crippen molar-refractivity contribution < 1.29 is 28.6 Å². The van der Waals surface area contributed by atoms with Crippen LogP contribution < -0.4 is 0 Å². The van der Waals surface area contributed by atoms with E-state index in [0.29, 0.717) is 19.3 Å². The number of hydrogen-bond acceptors (Lipinski definition) is 6. The minimum Gasteiger partial charge on any atom is -0.462 e. The number of esters is 3. The van der Waals surface area contributed by atoms with E-state index < -0.39 is 6.10 Å². The first-order chi connectivity index (χ1) is 34.0. The van der Waals surface area contributed by atoms with Gasteiger partial charge >= 0.3 is 17.9 Å². The molecule has 0 radical (unpaired) electrons. The van der Waals surface area contributed by atoms with Crippen LogP contribution in [-0.2, 0) is 28.6 Å². The molecular formula is C63H110O6. The first kappa shape index (κ1) is 65.8. The van der Waals surface area contributed by atoms with E-state index in [1.807, 2.05) is 0 Å². The van der Waals surface area contributed by atoms with Crippen LogP contribution in [0.1, 0.15) is 290 Å². The average Bonchev–Trinajstić information content (AvgIpc) is 3.35. The van der Waals surface area contributed by atoms with Gasteiger partial charge in [0.05, 0.1) is 0 Å². The summed E-state index contributed by atoms with van der Waals surface area (Å²) in [6, 6.07) is 0. The summed E-state index contributed by atoms with van der Waals surface area (Å²) in [6.07, 6.45) is 73.2. The Kier molecular flexibility index (Phi) is 54.8. The summed E-state index contributed by atoms with van der Waals surface area (Å²) < 4.78 is 16.8. The van der Waals surface area contributed by atoms with E-state index in [9.17, 15) is 14.4 Å². The van der Waals surface area contributed by atoms with E-state index in [4.69, 9.17) is 14.2 Å². The number of unbranched alkanes of at least 4 members (excludes halogenated alkanes) is 31. The third-order valence-electron chi connectivity index (χ3n) is 12.7. The highest BCUT2D eigenvalue weighted by atomic mass is 16.6. The average molecular weight is 964 g/mol. The van der Waals surface area contributed by atoms with Crippen LogP contribution in [0.25, 0.3) is 0 Å². The summed E-state index contributed by atoms with van der Waals surface area (Å²) in [5.41, 5.74) is 0. The number of carbonyl (C=O) groups is 3. The van der Waals surface area contributed by atoms with Gasteiger partial charge in [-0.2, -0.15) is 0 Å². The zero-order valence-electron chi connectivity index (χ0n) is 45.6. The summed E-state index contributed by atoms with van der Waals surface area (Å²) in [7, 11) is 0. The minimum absolute atomic E-state index is 0.0999. The molecule has 6 nitrogen and oxygen atoms in total. The van der Waals surface area contributed by atoms with Crippen LogP contribution in [0.15, 0.2) is 72.9 Å². The molecule has 0 spiro atoms. The van der Waals surface area contributed by atoms with Crippen molar-refractivity contribution in [3.05, 3.63) is 72.9 Å². The van der Waals surface area contributed by atoms with Crippen LogP contribution in [0.4, 0.5) is 0 Å². The quantitative estimate of drug-likeness (QED) is 0.0199. The van der Waals surface area contributed by atoms with Gasteiger partial charge in [0, 0.05) is 19.3 Å². The second kappa shape index (κ2) is 57.4. The Morgan fingerprint density at radius 2 is 0.580 bits per heavy atom. The summed E-state index contributed by atoms with van der Waals surface area (Å²) in [5, 5.41) is 0. The smallest absolute Gasteiger partial charge is 0.306 e. The van der Waals surface area contributed by atoms with Crippen molar-refractivity contribution in [1.82, 2.24) is 0 Å². The molecule has 1 unspecified atom stereocenters. The lowest BCUT2D eigenvalue weighted by Gasteiger charge is -2.18. The van der Waals surface area contributed by atoms with Crippen molar-refractivity contribution in [3.8, 4) is 0 Å². The molecule has 69 heavy (non-hydrogen) atoms. The zero-order valence-corrected chi connectivity index (χ0v) is 45.6. The second-order valence-electron chi connectivity index (χ2n) is 19.6. The first-order valence-electron chi connectivity index (χ1n) is 29.5. The van der Waals surface area contributed by atoms with E-state index in [2.05, 4.69) is 93.7 Å². The van der Waals surface area contributed by atoms with Gasteiger partial charge in [-0.3, -0.25) is 14.4 Å². The summed E-state index contributed by atoms with van der Waals surface area (Å²) >= 11 is 0. The van der Waals surface area contributed by atoms with Gasteiger partial charge in [-0.25, -0.2) is 0 Å².